The van der Waals surface area contributed by atoms with Crippen LogP contribution >= 0.6 is 0 Å². The minimum atomic E-state index is -3.54. The number of carbonyl (C=O) groups excluding carboxylic acids is 3. The Morgan fingerprint density at radius 3 is 2.11 bits per heavy atom. The molecule has 0 aromatic heterocycles. The quantitative estimate of drug-likeness (QED) is 0.330. The van der Waals surface area contributed by atoms with Crippen molar-refractivity contribution in [2.75, 3.05) is 11.5 Å². The molecule has 4 unspecified atom stereocenters. The second-order valence-electron chi connectivity index (χ2n) is 10.1. The fourth-order valence-corrected chi connectivity index (χ4v) is 7.21. The van der Waals surface area contributed by atoms with E-state index in [1.807, 2.05) is 0 Å². The number of hydrogen-bond acceptors (Lipinski definition) is 8. The lowest BCUT2D eigenvalue weighted by Crippen LogP contribution is -2.55. The number of fused-ring (bicyclic) bond motifs is 2. The number of carboxylic acids is 1. The molecule has 0 aliphatic carbocycles. The number of nitrogens with zero attached hydrogens (tertiary/aromatic N) is 1. The van der Waals surface area contributed by atoms with E-state index in [2.05, 4.69) is 5.32 Å². The van der Waals surface area contributed by atoms with Gasteiger partial charge in [-0.05, 0) is 29.3 Å². The van der Waals surface area contributed by atoms with Gasteiger partial charge < -0.3 is 21.3 Å². The third-order valence-corrected chi connectivity index (χ3v) is 9.21. The molecule has 0 bridgehead atoms. The van der Waals surface area contributed by atoms with Crippen molar-refractivity contribution in [3.05, 3.63) is 47.5 Å². The first-order chi connectivity index (χ1) is 17.9. The summed E-state index contributed by atoms with van der Waals surface area (Å²) in [4.78, 5) is 53.0. The van der Waals surface area contributed by atoms with E-state index < -0.39 is 81.1 Å². The average molecular weight is 546 g/mol. The number of nitrogens with two attached hydrogens (primary N) is 1. The zero-order valence-electron chi connectivity index (χ0n) is 21.0. The number of nitrogens with one attached hydrogen (secondary N) is 1. The van der Waals surface area contributed by atoms with Gasteiger partial charge in [-0.2, -0.15) is 0 Å². The first-order valence-electron chi connectivity index (χ1n) is 12.4. The SMILES string of the molecule is CCC[C@H](C(=O)NC1CS(=O)(=O)CC1O)[C@H](C(=O)O)C(C)C(N)N1C(=O)c2cc3ccccc3cc2C1=O. The summed E-state index contributed by atoms with van der Waals surface area (Å²) < 4.78 is 23.7. The van der Waals surface area contributed by atoms with E-state index >= 15 is 0 Å². The number of aliphatic hydroxyl groups is 1. The molecule has 2 aliphatic rings. The fraction of sp³-hybridized carbons (Fsp3) is 0.462. The number of carbonyl (C=O) groups is 4. The zero-order valence-corrected chi connectivity index (χ0v) is 21.8. The van der Waals surface area contributed by atoms with Crippen molar-refractivity contribution in [2.45, 2.75) is 45.0 Å². The van der Waals surface area contributed by atoms with Gasteiger partial charge in [-0.1, -0.05) is 44.5 Å². The second kappa shape index (κ2) is 10.4. The summed E-state index contributed by atoms with van der Waals surface area (Å²) in [5, 5.41) is 24.2. The Balaban J connectivity index is 1.60. The molecule has 2 heterocycles. The van der Waals surface area contributed by atoms with Crippen molar-refractivity contribution in [2.24, 2.45) is 23.5 Å². The number of benzene rings is 2. The third-order valence-electron chi connectivity index (χ3n) is 7.49. The number of carboxylic acid groups (broad SMARTS) is 1. The Kier molecular flexibility index (Phi) is 7.60. The van der Waals surface area contributed by atoms with E-state index in [0.717, 1.165) is 15.7 Å². The first kappa shape index (κ1) is 27.7. The molecular weight excluding hydrogens is 514 g/mol. The summed E-state index contributed by atoms with van der Waals surface area (Å²) in [6.07, 6.45) is -2.10. The Morgan fingerprint density at radius 2 is 1.66 bits per heavy atom. The molecule has 4 rings (SSSR count). The van der Waals surface area contributed by atoms with Gasteiger partial charge in [0.05, 0.1) is 52.8 Å². The largest absolute Gasteiger partial charge is 0.481 e. The maximum Gasteiger partial charge on any atom is 0.307 e. The maximum absolute atomic E-state index is 13.3. The molecule has 0 spiro atoms. The zero-order chi connectivity index (χ0) is 27.9. The molecule has 0 radical (unpaired) electrons. The van der Waals surface area contributed by atoms with Gasteiger partial charge in [0.1, 0.15) is 0 Å². The number of imide groups is 1. The molecule has 1 fully saturated rings. The number of hydrogen-bond donors (Lipinski definition) is 4. The van der Waals surface area contributed by atoms with Crippen LogP contribution < -0.4 is 11.1 Å². The summed E-state index contributed by atoms with van der Waals surface area (Å²) in [6, 6.07) is 9.36. The molecular formula is C26H31N3O8S. The van der Waals surface area contributed by atoms with Gasteiger partial charge in [-0.3, -0.25) is 24.1 Å². The maximum atomic E-state index is 13.3. The van der Waals surface area contributed by atoms with Gasteiger partial charge in [0.2, 0.25) is 5.91 Å². The molecule has 2 aliphatic heterocycles. The summed E-state index contributed by atoms with van der Waals surface area (Å²) in [7, 11) is -3.54. The third kappa shape index (κ3) is 5.03. The van der Waals surface area contributed by atoms with Crippen LogP contribution in [0.25, 0.3) is 10.8 Å². The van der Waals surface area contributed by atoms with Gasteiger partial charge in [-0.15, -0.1) is 0 Å². The van der Waals surface area contributed by atoms with Crippen molar-refractivity contribution >= 4 is 44.3 Å². The van der Waals surface area contributed by atoms with Gasteiger partial charge in [-0.25, -0.2) is 8.42 Å². The standard InChI is InChI=1S/C26H31N3O8S/c1-3-6-16(23(31)28-19-11-38(36,37)12-20(19)30)21(26(34)35)13(2)22(27)29-24(32)17-9-14-7-4-5-8-15(14)10-18(17)25(29)33/h4-5,7-10,13,16,19-22,30H,3,6,11-12,27H2,1-2H3,(H,28,31)(H,34,35)/t13?,16-,19?,20?,21+,22?/m0/s1. The monoisotopic (exact) mass is 545 g/mol. The van der Waals surface area contributed by atoms with Gasteiger partial charge in [0, 0.05) is 5.92 Å². The van der Waals surface area contributed by atoms with Crippen LogP contribution in [-0.4, -0.2) is 77.0 Å². The van der Waals surface area contributed by atoms with Crippen molar-refractivity contribution < 1.29 is 37.8 Å². The number of aliphatic carboxylic acids is 1. The molecule has 0 saturated carbocycles. The average Bonchev–Trinajstić information content (AvgIpc) is 3.25. The molecule has 1 saturated heterocycles. The fourth-order valence-electron chi connectivity index (χ4n) is 5.47. The highest BCUT2D eigenvalue weighted by Crippen LogP contribution is 2.34. The lowest BCUT2D eigenvalue weighted by Gasteiger charge is -2.35. The molecule has 6 atom stereocenters. The lowest BCUT2D eigenvalue weighted by molar-refractivity contribution is -0.151. The number of rotatable bonds is 9. The first-order valence-corrected chi connectivity index (χ1v) is 14.3. The molecule has 2 aromatic rings. The number of amides is 3. The van der Waals surface area contributed by atoms with Crippen LogP contribution in [-0.2, 0) is 19.4 Å². The van der Waals surface area contributed by atoms with Crippen LogP contribution in [0.3, 0.4) is 0 Å². The van der Waals surface area contributed by atoms with E-state index in [4.69, 9.17) is 5.73 Å². The van der Waals surface area contributed by atoms with Crippen molar-refractivity contribution in [3.8, 4) is 0 Å². The highest BCUT2D eigenvalue weighted by molar-refractivity contribution is 7.91. The van der Waals surface area contributed by atoms with E-state index in [9.17, 15) is 37.8 Å². The van der Waals surface area contributed by atoms with Gasteiger partial charge in [0.25, 0.3) is 11.8 Å². The number of aliphatic hydroxyl groups excluding tert-OH is 1. The van der Waals surface area contributed by atoms with Crippen LogP contribution in [0.1, 0.15) is 47.4 Å². The molecule has 38 heavy (non-hydrogen) atoms. The Morgan fingerprint density at radius 1 is 1.11 bits per heavy atom. The molecule has 12 heteroatoms. The van der Waals surface area contributed by atoms with Crippen molar-refractivity contribution in [1.82, 2.24) is 10.2 Å². The molecule has 5 N–H and O–H groups in total. The van der Waals surface area contributed by atoms with Crippen LogP contribution in [0.2, 0.25) is 0 Å². The molecule has 2 aromatic carbocycles. The predicted molar refractivity (Wildman–Crippen MR) is 138 cm³/mol. The number of sulfone groups is 1. The highest BCUT2D eigenvalue weighted by Gasteiger charge is 2.47. The van der Waals surface area contributed by atoms with Gasteiger partial charge >= 0.3 is 5.97 Å². The second-order valence-corrected chi connectivity index (χ2v) is 12.2. The summed E-state index contributed by atoms with van der Waals surface area (Å²) in [5.74, 6) is -7.88. The van der Waals surface area contributed by atoms with Crippen LogP contribution in [0, 0.1) is 17.8 Å². The summed E-state index contributed by atoms with van der Waals surface area (Å²) in [6.45, 7) is 3.22. The smallest absolute Gasteiger partial charge is 0.307 e. The highest BCUT2D eigenvalue weighted by atomic mass is 32.2. The summed E-state index contributed by atoms with van der Waals surface area (Å²) in [5.41, 5.74) is 6.71. The van der Waals surface area contributed by atoms with Crippen molar-refractivity contribution in [3.63, 3.8) is 0 Å². The normalized spacial score (nSPS) is 23.6. The van der Waals surface area contributed by atoms with E-state index in [0.29, 0.717) is 6.42 Å². The van der Waals surface area contributed by atoms with Crippen molar-refractivity contribution in [1.29, 1.82) is 0 Å². The Hall–Kier alpha value is -3.35. The molecule has 3 amide bonds. The Labute approximate surface area is 219 Å². The van der Waals surface area contributed by atoms with Gasteiger partial charge in [0.15, 0.2) is 9.84 Å². The minimum absolute atomic E-state index is 0.128. The molecule has 204 valence electrons. The predicted octanol–water partition coefficient (Wildman–Crippen LogP) is 0.748. The van der Waals surface area contributed by atoms with E-state index in [-0.39, 0.29) is 17.5 Å². The van der Waals surface area contributed by atoms with E-state index in [1.165, 1.54) is 6.92 Å². The Bertz CT molecular complexity index is 1350. The van der Waals surface area contributed by atoms with Crippen LogP contribution in [0.5, 0.6) is 0 Å². The summed E-state index contributed by atoms with van der Waals surface area (Å²) >= 11 is 0. The van der Waals surface area contributed by atoms with Crippen LogP contribution in [0.4, 0.5) is 0 Å². The lowest BCUT2D eigenvalue weighted by atomic mass is 9.77. The molecule has 11 nitrogen and oxygen atoms in total. The van der Waals surface area contributed by atoms with Crippen LogP contribution in [0.15, 0.2) is 36.4 Å². The topological polar surface area (TPSA) is 184 Å². The minimum Gasteiger partial charge on any atom is -0.481 e. The van der Waals surface area contributed by atoms with E-state index in [1.54, 1.807) is 43.3 Å².